The Labute approximate surface area is 128 Å². The highest BCUT2D eigenvalue weighted by molar-refractivity contribution is 6.31. The van der Waals surface area contributed by atoms with Gasteiger partial charge in [-0.1, -0.05) is 35.0 Å². The molecule has 0 aliphatic heterocycles. The van der Waals surface area contributed by atoms with Gasteiger partial charge < -0.3 is 14.7 Å². The van der Waals surface area contributed by atoms with Crippen LogP contribution in [-0.2, 0) is 6.54 Å². The van der Waals surface area contributed by atoms with E-state index < -0.39 is 0 Å². The number of hydrogen-bond acceptors (Lipinski definition) is 3. The second kappa shape index (κ2) is 6.63. The standard InChI is InChI=1S/C15H18ClN3O2/c1-10-8-12(18-21-10)9-19(3)15(20)17-11(2)13-6-4-5-7-14(13)16/h4-8,11H,9H2,1-3H3,(H,17,20). The molecular formula is C15H18ClN3O2. The second-order valence-corrected chi connectivity index (χ2v) is 5.38. The molecule has 0 fully saturated rings. The van der Waals surface area contributed by atoms with Crippen LogP contribution in [0.5, 0.6) is 0 Å². The summed E-state index contributed by atoms with van der Waals surface area (Å²) in [6.45, 7) is 4.10. The van der Waals surface area contributed by atoms with Gasteiger partial charge in [-0.15, -0.1) is 0 Å². The highest BCUT2D eigenvalue weighted by Gasteiger charge is 2.16. The number of aromatic nitrogens is 1. The maximum absolute atomic E-state index is 12.2. The van der Waals surface area contributed by atoms with Crippen molar-refractivity contribution in [3.05, 3.63) is 52.4 Å². The quantitative estimate of drug-likeness (QED) is 0.940. The van der Waals surface area contributed by atoms with E-state index in [2.05, 4.69) is 10.5 Å². The van der Waals surface area contributed by atoms with Gasteiger partial charge in [-0.05, 0) is 25.5 Å². The number of benzene rings is 1. The van der Waals surface area contributed by atoms with E-state index in [9.17, 15) is 4.79 Å². The van der Waals surface area contributed by atoms with Crippen molar-refractivity contribution in [1.29, 1.82) is 0 Å². The molecule has 1 heterocycles. The minimum atomic E-state index is -0.192. The maximum Gasteiger partial charge on any atom is 0.317 e. The first-order chi connectivity index (χ1) is 9.97. The zero-order chi connectivity index (χ0) is 15.4. The van der Waals surface area contributed by atoms with Crippen LogP contribution in [0.4, 0.5) is 4.79 Å². The van der Waals surface area contributed by atoms with Crippen LogP contribution in [0.15, 0.2) is 34.9 Å². The topological polar surface area (TPSA) is 58.4 Å². The third-order valence-corrected chi connectivity index (χ3v) is 3.48. The minimum Gasteiger partial charge on any atom is -0.361 e. The smallest absolute Gasteiger partial charge is 0.317 e. The predicted octanol–water partition coefficient (Wildman–Crippen LogP) is 3.54. The van der Waals surface area contributed by atoms with Crippen molar-refractivity contribution in [3.8, 4) is 0 Å². The number of aryl methyl sites for hydroxylation is 1. The summed E-state index contributed by atoms with van der Waals surface area (Å²) in [5, 5.41) is 7.42. The summed E-state index contributed by atoms with van der Waals surface area (Å²) in [4.78, 5) is 13.7. The fourth-order valence-electron chi connectivity index (χ4n) is 2.01. The van der Waals surface area contributed by atoms with Crippen molar-refractivity contribution in [2.75, 3.05) is 7.05 Å². The molecular weight excluding hydrogens is 290 g/mol. The van der Waals surface area contributed by atoms with E-state index in [1.165, 1.54) is 0 Å². The van der Waals surface area contributed by atoms with Crippen LogP contribution in [-0.4, -0.2) is 23.1 Å². The van der Waals surface area contributed by atoms with Crippen LogP contribution < -0.4 is 5.32 Å². The van der Waals surface area contributed by atoms with Gasteiger partial charge in [-0.3, -0.25) is 0 Å². The number of nitrogens with zero attached hydrogens (tertiary/aromatic N) is 2. The lowest BCUT2D eigenvalue weighted by molar-refractivity contribution is 0.202. The maximum atomic E-state index is 12.2. The Balaban J connectivity index is 1.96. The summed E-state index contributed by atoms with van der Waals surface area (Å²) >= 11 is 6.13. The molecule has 112 valence electrons. The molecule has 0 bridgehead atoms. The molecule has 1 atom stereocenters. The van der Waals surface area contributed by atoms with Crippen molar-refractivity contribution >= 4 is 17.6 Å². The molecule has 1 aromatic heterocycles. The number of halogens is 1. The molecule has 0 aliphatic carbocycles. The van der Waals surface area contributed by atoms with Crippen LogP contribution in [0.1, 0.15) is 30.0 Å². The lowest BCUT2D eigenvalue weighted by Crippen LogP contribution is -2.38. The average molecular weight is 308 g/mol. The summed E-state index contributed by atoms with van der Waals surface area (Å²) in [6.07, 6.45) is 0. The monoisotopic (exact) mass is 307 g/mol. The molecule has 0 saturated carbocycles. The van der Waals surface area contributed by atoms with Crippen LogP contribution in [0.25, 0.3) is 0 Å². The number of hydrogen-bond donors (Lipinski definition) is 1. The largest absolute Gasteiger partial charge is 0.361 e. The first kappa shape index (κ1) is 15.4. The average Bonchev–Trinajstić information content (AvgIpc) is 2.84. The van der Waals surface area contributed by atoms with Crippen LogP contribution in [0.3, 0.4) is 0 Å². The fraction of sp³-hybridized carbons (Fsp3) is 0.333. The Morgan fingerprint density at radius 2 is 2.19 bits per heavy atom. The van der Waals surface area contributed by atoms with E-state index >= 15 is 0 Å². The molecule has 2 aromatic rings. The Kier molecular flexibility index (Phi) is 4.85. The number of carbonyl (C=O) groups is 1. The van der Waals surface area contributed by atoms with Gasteiger partial charge in [0.2, 0.25) is 0 Å². The molecule has 1 N–H and O–H groups in total. The molecule has 2 amide bonds. The fourth-order valence-corrected chi connectivity index (χ4v) is 2.31. The van der Waals surface area contributed by atoms with Crippen molar-refractivity contribution < 1.29 is 9.32 Å². The SMILES string of the molecule is Cc1cc(CN(C)C(=O)NC(C)c2ccccc2Cl)no1. The van der Waals surface area contributed by atoms with Crippen molar-refractivity contribution in [2.45, 2.75) is 26.4 Å². The van der Waals surface area contributed by atoms with Gasteiger partial charge in [0.1, 0.15) is 11.5 Å². The van der Waals surface area contributed by atoms with E-state index in [1.807, 2.05) is 32.0 Å². The van der Waals surface area contributed by atoms with Gasteiger partial charge in [0.25, 0.3) is 0 Å². The Morgan fingerprint density at radius 1 is 1.48 bits per heavy atom. The third kappa shape index (κ3) is 3.98. The molecule has 0 radical (unpaired) electrons. The van der Waals surface area contributed by atoms with Crippen LogP contribution in [0, 0.1) is 6.92 Å². The van der Waals surface area contributed by atoms with Crippen LogP contribution >= 0.6 is 11.6 Å². The third-order valence-electron chi connectivity index (χ3n) is 3.13. The van der Waals surface area contributed by atoms with Gasteiger partial charge >= 0.3 is 6.03 Å². The van der Waals surface area contributed by atoms with E-state index in [1.54, 1.807) is 24.1 Å². The zero-order valence-corrected chi connectivity index (χ0v) is 13.0. The molecule has 1 unspecified atom stereocenters. The number of rotatable bonds is 4. The molecule has 0 aliphatic rings. The molecule has 21 heavy (non-hydrogen) atoms. The number of nitrogens with one attached hydrogen (secondary N) is 1. The molecule has 2 rings (SSSR count). The van der Waals surface area contributed by atoms with Gasteiger partial charge in [-0.2, -0.15) is 0 Å². The molecule has 0 saturated heterocycles. The highest BCUT2D eigenvalue weighted by atomic mass is 35.5. The first-order valence-corrected chi connectivity index (χ1v) is 7.03. The Bertz CT molecular complexity index is 627. The van der Waals surface area contributed by atoms with Gasteiger partial charge in [0.05, 0.1) is 12.6 Å². The predicted molar refractivity (Wildman–Crippen MR) is 81.1 cm³/mol. The Morgan fingerprint density at radius 3 is 2.81 bits per heavy atom. The van der Waals surface area contributed by atoms with Crippen molar-refractivity contribution in [1.82, 2.24) is 15.4 Å². The van der Waals surface area contributed by atoms with Gasteiger partial charge in [0.15, 0.2) is 0 Å². The van der Waals surface area contributed by atoms with E-state index in [-0.39, 0.29) is 12.1 Å². The van der Waals surface area contributed by atoms with Crippen molar-refractivity contribution in [2.24, 2.45) is 0 Å². The number of urea groups is 1. The number of amides is 2. The van der Waals surface area contributed by atoms with Crippen molar-refractivity contribution in [3.63, 3.8) is 0 Å². The molecule has 5 nitrogen and oxygen atoms in total. The van der Waals surface area contributed by atoms with Gasteiger partial charge in [0, 0.05) is 18.1 Å². The first-order valence-electron chi connectivity index (χ1n) is 6.65. The summed E-state index contributed by atoms with van der Waals surface area (Å²) < 4.78 is 4.99. The highest BCUT2D eigenvalue weighted by Crippen LogP contribution is 2.22. The Hall–Kier alpha value is -2.01. The normalized spacial score (nSPS) is 12.0. The molecule has 0 spiro atoms. The van der Waals surface area contributed by atoms with E-state index in [0.717, 1.165) is 17.0 Å². The number of carbonyl (C=O) groups excluding carboxylic acids is 1. The molecule has 6 heteroatoms. The zero-order valence-electron chi connectivity index (χ0n) is 12.3. The van der Waals surface area contributed by atoms with E-state index in [0.29, 0.717) is 11.6 Å². The summed E-state index contributed by atoms with van der Waals surface area (Å²) in [5.41, 5.74) is 1.61. The second-order valence-electron chi connectivity index (χ2n) is 4.98. The van der Waals surface area contributed by atoms with Gasteiger partial charge in [-0.25, -0.2) is 4.79 Å². The summed E-state index contributed by atoms with van der Waals surface area (Å²) in [6, 6.07) is 8.90. The van der Waals surface area contributed by atoms with Crippen LogP contribution in [0.2, 0.25) is 5.02 Å². The minimum absolute atomic E-state index is 0.173. The lowest BCUT2D eigenvalue weighted by atomic mass is 10.1. The van der Waals surface area contributed by atoms with E-state index in [4.69, 9.17) is 16.1 Å². The summed E-state index contributed by atoms with van der Waals surface area (Å²) in [7, 11) is 1.71. The lowest BCUT2D eigenvalue weighted by Gasteiger charge is -2.21. The summed E-state index contributed by atoms with van der Waals surface area (Å²) in [5.74, 6) is 0.725. The molecule has 1 aromatic carbocycles.